The molecule has 4 rings (SSSR count). The minimum Gasteiger partial charge on any atom is -0.437 e. The number of nitrogens with zero attached hydrogens (tertiary/aromatic N) is 3. The van der Waals surface area contributed by atoms with Gasteiger partial charge in [0.05, 0.1) is 6.54 Å². The molecule has 1 unspecified atom stereocenters. The summed E-state index contributed by atoms with van der Waals surface area (Å²) >= 11 is 6.48. The molecule has 29 heavy (non-hydrogen) atoms. The molecule has 0 bridgehead atoms. The maximum Gasteiger partial charge on any atom is 0.225 e. The predicted octanol–water partition coefficient (Wildman–Crippen LogP) is 4.27. The fraction of sp³-hybridized carbons (Fsp3) is 0.238. The first-order valence-electron chi connectivity index (χ1n) is 9.41. The number of quaternary nitrogens is 1. The van der Waals surface area contributed by atoms with E-state index in [9.17, 15) is 5.11 Å². The highest BCUT2D eigenvalue weighted by molar-refractivity contribution is 6.35. The van der Waals surface area contributed by atoms with Crippen LogP contribution in [0, 0.1) is 11.4 Å². The minimum atomic E-state index is -0.947. The van der Waals surface area contributed by atoms with Crippen LogP contribution >= 0.6 is 11.6 Å². The Kier molecular flexibility index (Phi) is 5.80. The van der Waals surface area contributed by atoms with E-state index in [1.807, 2.05) is 6.07 Å². The topological polar surface area (TPSA) is 108 Å². The zero-order chi connectivity index (χ0) is 20.2. The maximum absolute atomic E-state index is 10.7. The van der Waals surface area contributed by atoms with Gasteiger partial charge in [0.1, 0.15) is 11.1 Å². The van der Waals surface area contributed by atoms with Crippen LogP contribution in [-0.4, -0.2) is 21.6 Å². The predicted molar refractivity (Wildman–Crippen MR) is 108 cm³/mol. The van der Waals surface area contributed by atoms with Crippen LogP contribution in [-0.2, 0) is 0 Å². The molecule has 148 valence electrons. The van der Waals surface area contributed by atoms with Crippen LogP contribution in [0.1, 0.15) is 30.1 Å². The van der Waals surface area contributed by atoms with Crippen molar-refractivity contribution < 1.29 is 15.2 Å². The van der Waals surface area contributed by atoms with E-state index in [1.165, 1.54) is 12.8 Å². The fourth-order valence-electron chi connectivity index (χ4n) is 3.08. The summed E-state index contributed by atoms with van der Waals surface area (Å²) in [6, 6.07) is 10.6. The standard InChI is InChI=1S/C21H20ClN5O2/c22-18-17(8-7-16(19(18)27-23)26-11-13-5-6-13)29-21-15(4-2-10-25-21)20(28)14-3-1-9-24-12-14/h1-4,7-10,12-13,20,23,26,28H,5-6,11H2/p+1. The molecule has 7 nitrogen and oxygen atoms in total. The molecule has 0 spiro atoms. The van der Waals surface area contributed by atoms with E-state index in [4.69, 9.17) is 21.9 Å². The molecule has 1 atom stereocenters. The Balaban J connectivity index is 1.62. The van der Waals surface area contributed by atoms with Crippen LogP contribution in [0.5, 0.6) is 11.6 Å². The largest absolute Gasteiger partial charge is 0.437 e. The van der Waals surface area contributed by atoms with Crippen molar-refractivity contribution in [1.29, 1.82) is 5.53 Å². The molecule has 8 heteroatoms. The van der Waals surface area contributed by atoms with Crippen LogP contribution in [0.3, 0.4) is 0 Å². The summed E-state index contributed by atoms with van der Waals surface area (Å²) in [6.45, 7) is 0.959. The van der Waals surface area contributed by atoms with E-state index >= 15 is 0 Å². The summed E-state index contributed by atoms with van der Waals surface area (Å²) < 4.78 is 5.94. The van der Waals surface area contributed by atoms with Crippen molar-refractivity contribution in [2.75, 3.05) is 6.54 Å². The number of ether oxygens (including phenoxy) is 1. The van der Waals surface area contributed by atoms with E-state index in [0.717, 1.165) is 18.2 Å². The Morgan fingerprint density at radius 1 is 1.24 bits per heavy atom. The number of rotatable bonds is 8. The number of aromatic nitrogens is 2. The second kappa shape index (κ2) is 8.65. The fourth-order valence-corrected chi connectivity index (χ4v) is 3.34. The van der Waals surface area contributed by atoms with Crippen molar-refractivity contribution in [2.24, 2.45) is 11.0 Å². The second-order valence-corrected chi connectivity index (χ2v) is 7.38. The van der Waals surface area contributed by atoms with Crippen LogP contribution in [0.15, 0.2) is 60.1 Å². The lowest BCUT2D eigenvalue weighted by Crippen LogP contribution is -2.78. The first-order chi connectivity index (χ1) is 14.2. The lowest BCUT2D eigenvalue weighted by atomic mass is 10.0. The third-order valence-electron chi connectivity index (χ3n) is 4.89. The first-order valence-corrected chi connectivity index (χ1v) is 9.79. The lowest BCUT2D eigenvalue weighted by Gasteiger charge is -2.16. The van der Waals surface area contributed by atoms with Gasteiger partial charge in [-0.3, -0.25) is 4.98 Å². The molecular weight excluding hydrogens is 390 g/mol. The average Bonchev–Trinajstić information content (AvgIpc) is 3.59. The Hall–Kier alpha value is -2.87. The van der Waals surface area contributed by atoms with Gasteiger partial charge in [-0.05, 0) is 37.1 Å². The van der Waals surface area contributed by atoms with Gasteiger partial charge >= 0.3 is 0 Å². The van der Waals surface area contributed by atoms with Gasteiger partial charge in [-0.15, -0.1) is 0 Å². The number of aliphatic hydroxyl groups excluding tert-OH is 1. The summed E-state index contributed by atoms with van der Waals surface area (Å²) in [5, 5.41) is 16.7. The van der Waals surface area contributed by atoms with E-state index in [0.29, 0.717) is 22.6 Å². The average molecular weight is 411 g/mol. The summed E-state index contributed by atoms with van der Waals surface area (Å²) in [7, 11) is 0. The highest BCUT2D eigenvalue weighted by Gasteiger charge is 2.25. The number of hydrogen-bond donors (Lipinski definition) is 3. The van der Waals surface area contributed by atoms with Gasteiger partial charge < -0.3 is 15.2 Å². The van der Waals surface area contributed by atoms with Crippen molar-refractivity contribution in [3.63, 3.8) is 0 Å². The van der Waals surface area contributed by atoms with Gasteiger partial charge in [0.2, 0.25) is 5.88 Å². The molecule has 1 aliphatic rings. The molecule has 1 saturated carbocycles. The Morgan fingerprint density at radius 2 is 2.07 bits per heavy atom. The minimum absolute atomic E-state index is 0.233. The van der Waals surface area contributed by atoms with Gasteiger partial charge in [0.15, 0.2) is 17.1 Å². The zero-order valence-electron chi connectivity index (χ0n) is 15.6. The number of nitrogens with one attached hydrogen (secondary N) is 1. The molecule has 1 aromatic carbocycles. The van der Waals surface area contributed by atoms with E-state index in [2.05, 4.69) is 20.4 Å². The van der Waals surface area contributed by atoms with Crippen LogP contribution in [0.25, 0.3) is 0 Å². The molecule has 1 aliphatic carbocycles. The van der Waals surface area contributed by atoms with Crippen LogP contribution in [0.4, 0.5) is 11.4 Å². The van der Waals surface area contributed by atoms with Gasteiger partial charge in [0.25, 0.3) is 0 Å². The zero-order valence-corrected chi connectivity index (χ0v) is 16.4. The van der Waals surface area contributed by atoms with Crippen LogP contribution in [0.2, 0.25) is 5.02 Å². The maximum atomic E-state index is 10.7. The third-order valence-corrected chi connectivity index (χ3v) is 5.26. The molecule has 0 amide bonds. The third kappa shape index (κ3) is 4.42. The number of nitrogens with two attached hydrogens (primary N) is 1. The van der Waals surface area contributed by atoms with Crippen molar-refractivity contribution in [1.82, 2.24) is 9.97 Å². The summed E-state index contributed by atoms with van der Waals surface area (Å²) in [5.41, 5.74) is 9.84. The van der Waals surface area contributed by atoms with Gasteiger partial charge in [0, 0.05) is 41.7 Å². The molecule has 0 aliphatic heterocycles. The summed E-state index contributed by atoms with van der Waals surface area (Å²) in [4.78, 5) is 8.31. The second-order valence-electron chi connectivity index (χ2n) is 7.00. The molecule has 0 saturated heterocycles. The molecule has 2 aromatic heterocycles. The van der Waals surface area contributed by atoms with E-state index in [1.54, 1.807) is 48.9 Å². The number of aliphatic hydroxyl groups is 1. The number of hydrogen-bond acceptors (Lipinski definition) is 6. The molecule has 0 radical (unpaired) electrons. The number of pyridine rings is 2. The van der Waals surface area contributed by atoms with Gasteiger partial charge in [-0.25, -0.2) is 10.5 Å². The normalized spacial score (nSPS) is 14.4. The van der Waals surface area contributed by atoms with Crippen molar-refractivity contribution in [3.8, 4) is 11.6 Å². The van der Waals surface area contributed by atoms with Gasteiger partial charge in [-0.1, -0.05) is 17.7 Å². The number of halogens is 1. The molecule has 1 fully saturated rings. The molecule has 4 N–H and O–H groups in total. The number of benzene rings is 1. The highest BCUT2D eigenvalue weighted by atomic mass is 35.5. The summed E-state index contributed by atoms with van der Waals surface area (Å²) in [6.07, 6.45) is 6.37. The van der Waals surface area contributed by atoms with Crippen LogP contribution < -0.4 is 10.1 Å². The monoisotopic (exact) mass is 410 g/mol. The van der Waals surface area contributed by atoms with Crippen molar-refractivity contribution >= 4 is 23.0 Å². The Morgan fingerprint density at radius 3 is 2.79 bits per heavy atom. The van der Waals surface area contributed by atoms with Crippen molar-refractivity contribution in [2.45, 2.75) is 18.9 Å². The molecule has 3 aromatic rings. The first kappa shape index (κ1) is 19.4. The van der Waals surface area contributed by atoms with Crippen molar-refractivity contribution in [3.05, 3.63) is 71.1 Å². The molecular formula is C21H21ClN5O2+. The highest BCUT2D eigenvalue weighted by Crippen LogP contribution is 2.41. The SMILES string of the molecule is N=Nc1c([NH2+]CC2CC2)ccc(Oc2ncccc2C(O)c2cccnc2)c1Cl. The van der Waals surface area contributed by atoms with E-state index in [-0.39, 0.29) is 10.9 Å². The molecule has 2 heterocycles. The Labute approximate surface area is 173 Å². The summed E-state index contributed by atoms with van der Waals surface area (Å²) in [5.74, 6) is 1.30. The van der Waals surface area contributed by atoms with E-state index < -0.39 is 6.10 Å². The quantitative estimate of drug-likeness (QED) is 0.380. The lowest BCUT2D eigenvalue weighted by molar-refractivity contribution is -0.574. The smallest absolute Gasteiger partial charge is 0.225 e. The van der Waals surface area contributed by atoms with Gasteiger partial charge in [-0.2, -0.15) is 5.11 Å². The Bertz CT molecular complexity index is 1010.